The van der Waals surface area contributed by atoms with E-state index in [4.69, 9.17) is 17.0 Å². The van der Waals surface area contributed by atoms with Gasteiger partial charge in [-0.05, 0) is 63.7 Å². The summed E-state index contributed by atoms with van der Waals surface area (Å²) in [5.41, 5.74) is 1.34. The van der Waals surface area contributed by atoms with Crippen molar-refractivity contribution in [2.45, 2.75) is 71.4 Å². The number of benzene rings is 1. The smallest absolute Gasteiger partial charge is 0.338 e. The summed E-state index contributed by atoms with van der Waals surface area (Å²) in [7, 11) is 0. The zero-order valence-electron chi connectivity index (χ0n) is 21.8. The van der Waals surface area contributed by atoms with E-state index in [9.17, 15) is 14.4 Å². The molecule has 0 spiro atoms. The Morgan fingerprint density at radius 1 is 1.00 bits per heavy atom. The average Bonchev–Trinajstić information content (AvgIpc) is 3.32. The molecule has 2 saturated heterocycles. The molecule has 2 amide bonds. The van der Waals surface area contributed by atoms with Crippen LogP contribution in [0.2, 0.25) is 0 Å². The van der Waals surface area contributed by atoms with Crippen molar-refractivity contribution in [2.75, 3.05) is 44.2 Å². The van der Waals surface area contributed by atoms with Gasteiger partial charge >= 0.3 is 5.97 Å². The van der Waals surface area contributed by atoms with Crippen LogP contribution in [0, 0.1) is 0 Å². The quantitative estimate of drug-likeness (QED) is 0.268. The molecule has 196 valence electrons. The molecule has 9 heteroatoms. The van der Waals surface area contributed by atoms with Crippen LogP contribution < -0.4 is 4.90 Å². The molecule has 0 atom stereocenters. The highest BCUT2D eigenvalue weighted by atomic mass is 32.1. The lowest BCUT2D eigenvalue weighted by atomic mass is 10.0. The third-order valence-corrected chi connectivity index (χ3v) is 8.04. The van der Waals surface area contributed by atoms with E-state index < -0.39 is 5.54 Å². The van der Waals surface area contributed by atoms with Crippen LogP contribution in [-0.2, 0) is 20.9 Å². The monoisotopic (exact) mass is 514 g/mol. The number of hydrogen-bond donors (Lipinski definition) is 0. The second kappa shape index (κ2) is 11.3. The van der Waals surface area contributed by atoms with Crippen LogP contribution in [0.5, 0.6) is 0 Å². The Morgan fingerprint density at radius 2 is 1.67 bits per heavy atom. The van der Waals surface area contributed by atoms with Crippen LogP contribution in [-0.4, -0.2) is 82.4 Å². The molecule has 2 fully saturated rings. The van der Waals surface area contributed by atoms with Gasteiger partial charge in [-0.2, -0.15) is 0 Å². The number of fused-ring (bicyclic) bond motifs is 1. The maximum atomic E-state index is 13.3. The summed E-state index contributed by atoms with van der Waals surface area (Å²) < 4.78 is 5.10. The first-order chi connectivity index (χ1) is 17.2. The van der Waals surface area contributed by atoms with Crippen molar-refractivity contribution in [1.82, 2.24) is 14.7 Å². The van der Waals surface area contributed by atoms with Gasteiger partial charge in [-0.3, -0.25) is 19.4 Å². The fraction of sp³-hybridized carbons (Fsp3) is 0.630. The van der Waals surface area contributed by atoms with Crippen molar-refractivity contribution in [3.05, 3.63) is 29.3 Å². The van der Waals surface area contributed by atoms with Gasteiger partial charge in [0.05, 0.1) is 11.3 Å². The highest BCUT2D eigenvalue weighted by molar-refractivity contribution is 7.80. The van der Waals surface area contributed by atoms with Gasteiger partial charge < -0.3 is 14.5 Å². The van der Waals surface area contributed by atoms with Crippen LogP contribution in [0.1, 0.15) is 75.2 Å². The Balaban J connectivity index is 1.19. The summed E-state index contributed by atoms with van der Waals surface area (Å²) in [6, 6.07) is 5.33. The van der Waals surface area contributed by atoms with E-state index in [0.717, 1.165) is 64.1 Å². The van der Waals surface area contributed by atoms with Gasteiger partial charge in [-0.15, -0.1) is 0 Å². The fourth-order valence-corrected chi connectivity index (χ4v) is 5.79. The van der Waals surface area contributed by atoms with E-state index in [1.165, 1.54) is 12.8 Å². The van der Waals surface area contributed by atoms with Crippen molar-refractivity contribution < 1.29 is 19.1 Å². The Labute approximate surface area is 219 Å². The Morgan fingerprint density at radius 3 is 2.36 bits per heavy atom. The summed E-state index contributed by atoms with van der Waals surface area (Å²) in [4.78, 5) is 44.9. The predicted molar refractivity (Wildman–Crippen MR) is 143 cm³/mol. The number of anilines is 1. The van der Waals surface area contributed by atoms with Crippen LogP contribution in [0.3, 0.4) is 0 Å². The van der Waals surface area contributed by atoms with Crippen LogP contribution in [0.15, 0.2) is 18.2 Å². The molecule has 0 aromatic heterocycles. The second-order valence-corrected chi connectivity index (χ2v) is 10.8. The minimum atomic E-state index is -0.705. The minimum Gasteiger partial charge on any atom is -0.457 e. The Hall–Kier alpha value is -2.52. The zero-order chi connectivity index (χ0) is 25.9. The van der Waals surface area contributed by atoms with Crippen LogP contribution in [0.25, 0.3) is 0 Å². The number of carbonyl (C=O) groups excluding carboxylic acids is 3. The molecule has 1 aromatic rings. The third-order valence-electron chi connectivity index (χ3n) is 7.63. The summed E-state index contributed by atoms with van der Waals surface area (Å²) in [6.45, 7) is 11.5. The Bertz CT molecular complexity index is 1020. The molecule has 0 aliphatic carbocycles. The first kappa shape index (κ1) is 26.5. The number of ether oxygens (including phenoxy) is 1. The van der Waals surface area contributed by atoms with E-state index in [0.29, 0.717) is 22.8 Å². The molecule has 3 heterocycles. The van der Waals surface area contributed by atoms with E-state index in [2.05, 4.69) is 4.90 Å². The van der Waals surface area contributed by atoms with E-state index >= 15 is 0 Å². The summed E-state index contributed by atoms with van der Waals surface area (Å²) in [5.74, 6) is -0.100. The molecule has 3 aliphatic rings. The highest BCUT2D eigenvalue weighted by Gasteiger charge is 2.49. The van der Waals surface area contributed by atoms with Crippen molar-refractivity contribution in [3.63, 3.8) is 0 Å². The molecule has 0 bridgehead atoms. The summed E-state index contributed by atoms with van der Waals surface area (Å²) in [5, 5.41) is 0.524. The number of rotatable bonds is 10. The second-order valence-electron chi connectivity index (χ2n) is 10.4. The topological polar surface area (TPSA) is 73.4 Å². The summed E-state index contributed by atoms with van der Waals surface area (Å²) >= 11 is 5.75. The van der Waals surface area contributed by atoms with Gasteiger partial charge in [-0.1, -0.05) is 26.2 Å². The van der Waals surface area contributed by atoms with Crippen molar-refractivity contribution in [2.24, 2.45) is 0 Å². The lowest BCUT2D eigenvalue weighted by molar-refractivity contribution is -0.132. The maximum absolute atomic E-state index is 13.3. The first-order valence-electron chi connectivity index (χ1n) is 13.2. The molecule has 3 aliphatic heterocycles. The van der Waals surface area contributed by atoms with Crippen LogP contribution in [0.4, 0.5) is 5.69 Å². The van der Waals surface area contributed by atoms with E-state index in [1.54, 1.807) is 17.0 Å². The number of thiocarbonyl (C=S) groups is 1. The molecule has 4 rings (SSSR count). The number of carbonyl (C=O) groups is 3. The van der Waals surface area contributed by atoms with Gasteiger partial charge in [0.15, 0.2) is 5.11 Å². The number of esters is 1. The van der Waals surface area contributed by atoms with E-state index in [1.807, 2.05) is 36.6 Å². The average molecular weight is 515 g/mol. The van der Waals surface area contributed by atoms with Gasteiger partial charge in [0.1, 0.15) is 12.1 Å². The molecule has 0 N–H and O–H groups in total. The van der Waals surface area contributed by atoms with Gasteiger partial charge in [0.25, 0.3) is 5.91 Å². The lowest BCUT2D eigenvalue weighted by Gasteiger charge is -2.34. The molecule has 0 radical (unpaired) electrons. The lowest BCUT2D eigenvalue weighted by Crippen LogP contribution is -2.48. The molecule has 1 aromatic carbocycles. The number of cyclic esters (lactones) is 1. The number of nitrogens with zero attached hydrogens (tertiary/aromatic N) is 4. The summed E-state index contributed by atoms with van der Waals surface area (Å²) in [6.07, 6.45) is 6.19. The maximum Gasteiger partial charge on any atom is 0.338 e. The Kier molecular flexibility index (Phi) is 8.30. The minimum absolute atomic E-state index is 0.0431. The van der Waals surface area contributed by atoms with Gasteiger partial charge in [0, 0.05) is 44.7 Å². The predicted octanol–water partition coefficient (Wildman–Crippen LogP) is 3.57. The number of unbranched alkanes of at least 4 members (excludes halogenated alkanes) is 4. The first-order valence-corrected chi connectivity index (χ1v) is 13.6. The molecular weight excluding hydrogens is 476 g/mol. The number of amides is 2. The number of hydrogen-bond acceptors (Lipinski definition) is 6. The van der Waals surface area contributed by atoms with Gasteiger partial charge in [-0.25, -0.2) is 4.79 Å². The van der Waals surface area contributed by atoms with Crippen molar-refractivity contribution in [1.29, 1.82) is 0 Å². The highest BCUT2D eigenvalue weighted by Crippen LogP contribution is 2.34. The standard InChI is InChI=1S/C27H38N4O4S/c1-4-23(32)29-16-14-28(15-17-29)12-8-6-5-7-9-13-30-26(36)31(25(34)27(30,2)3)21-10-11-22-20(18-21)19-35-24(22)33/h10-11,18H,4-9,12-17,19H2,1-3H3. The normalized spacial score (nSPS) is 19.8. The number of piperazine rings is 1. The zero-order valence-corrected chi connectivity index (χ0v) is 22.6. The molecular formula is C27H38N4O4S. The van der Waals surface area contributed by atoms with Crippen molar-refractivity contribution >= 4 is 40.8 Å². The fourth-order valence-electron chi connectivity index (χ4n) is 5.28. The molecule has 36 heavy (non-hydrogen) atoms. The third kappa shape index (κ3) is 5.42. The van der Waals surface area contributed by atoms with Crippen molar-refractivity contribution in [3.8, 4) is 0 Å². The SMILES string of the molecule is CCC(=O)N1CCN(CCCCCCCN2C(=S)N(c3ccc4c(c3)COC4=O)C(=O)C2(C)C)CC1. The molecule has 8 nitrogen and oxygen atoms in total. The molecule has 0 saturated carbocycles. The molecule has 0 unspecified atom stereocenters. The van der Waals surface area contributed by atoms with Crippen LogP contribution >= 0.6 is 12.2 Å². The largest absolute Gasteiger partial charge is 0.457 e. The van der Waals surface area contributed by atoms with Gasteiger partial charge in [0.2, 0.25) is 5.91 Å². The van der Waals surface area contributed by atoms with E-state index in [-0.39, 0.29) is 24.4 Å².